The van der Waals surface area contributed by atoms with Gasteiger partial charge >= 0.3 is 0 Å². The Morgan fingerprint density at radius 2 is 2.33 bits per heavy atom. The van der Waals surface area contributed by atoms with Crippen LogP contribution in [0.3, 0.4) is 0 Å². The third kappa shape index (κ3) is 1.79. The van der Waals surface area contributed by atoms with Gasteiger partial charge in [0, 0.05) is 29.9 Å². The molecule has 1 fully saturated rings. The molecule has 1 saturated heterocycles. The van der Waals surface area contributed by atoms with E-state index in [1.807, 2.05) is 6.07 Å². The fourth-order valence-corrected chi connectivity index (χ4v) is 3.14. The minimum atomic E-state index is -1.58. The summed E-state index contributed by atoms with van der Waals surface area (Å²) in [6.07, 6.45) is 5.30. The van der Waals surface area contributed by atoms with Crippen LogP contribution in [-0.2, 0) is 4.79 Å². The number of hydrogen-bond acceptors (Lipinski definition) is 4. The summed E-state index contributed by atoms with van der Waals surface area (Å²) in [5, 5.41) is 12.9. The number of allylic oxidation sites excluding steroid dienone is 4. The van der Waals surface area contributed by atoms with Gasteiger partial charge in [0.25, 0.3) is 0 Å². The van der Waals surface area contributed by atoms with Gasteiger partial charge < -0.3 is 5.32 Å². The number of hydrogen-bond donors (Lipinski definition) is 1. The average molecular weight is 285 g/mol. The minimum absolute atomic E-state index is 0.0730. The second kappa shape index (κ2) is 4.66. The van der Waals surface area contributed by atoms with Crippen LogP contribution in [0.5, 0.6) is 0 Å². The highest BCUT2D eigenvalue weighted by atomic mass is 19.1. The SMILES string of the molecule is CC(C)C1=C(F)C(C#N)(C2=C3NCCC3C=N2)C=CC1=O. The van der Waals surface area contributed by atoms with E-state index in [1.165, 1.54) is 12.2 Å². The molecular formula is C16H16FN3O. The highest BCUT2D eigenvalue weighted by molar-refractivity contribution is 6.06. The van der Waals surface area contributed by atoms with Crippen LogP contribution >= 0.6 is 0 Å². The number of fused-ring (bicyclic) bond motifs is 1. The maximum absolute atomic E-state index is 15.0. The lowest BCUT2D eigenvalue weighted by molar-refractivity contribution is -0.112. The second-order valence-corrected chi connectivity index (χ2v) is 5.86. The zero-order valence-corrected chi connectivity index (χ0v) is 12.0. The monoisotopic (exact) mass is 285 g/mol. The van der Waals surface area contributed by atoms with Gasteiger partial charge in [0.2, 0.25) is 0 Å². The van der Waals surface area contributed by atoms with Crippen molar-refractivity contribution in [3.05, 3.63) is 34.9 Å². The molecule has 0 spiro atoms. The highest BCUT2D eigenvalue weighted by Crippen LogP contribution is 2.48. The molecule has 108 valence electrons. The molecule has 0 bridgehead atoms. The standard InChI is InChI=1S/C16H16FN3O/c1-9(2)12-11(21)3-5-16(8-18,14(12)17)15-13-10(7-20-15)4-6-19-13/h3,5,7,9-10,19H,4,6H2,1-2H3. The van der Waals surface area contributed by atoms with Gasteiger partial charge in [-0.2, -0.15) is 5.26 Å². The van der Waals surface area contributed by atoms with Crippen molar-refractivity contribution in [1.29, 1.82) is 5.26 Å². The maximum atomic E-state index is 15.0. The zero-order chi connectivity index (χ0) is 15.2. The topological polar surface area (TPSA) is 65.2 Å². The maximum Gasteiger partial charge on any atom is 0.184 e. The van der Waals surface area contributed by atoms with E-state index in [1.54, 1.807) is 20.1 Å². The summed E-state index contributed by atoms with van der Waals surface area (Å²) < 4.78 is 15.0. The third-order valence-corrected chi connectivity index (χ3v) is 4.24. The van der Waals surface area contributed by atoms with E-state index in [9.17, 15) is 10.1 Å². The molecule has 0 amide bonds. The average Bonchev–Trinajstić information content (AvgIpc) is 3.03. The fraction of sp³-hybridized carbons (Fsp3) is 0.438. The first-order valence-electron chi connectivity index (χ1n) is 7.09. The third-order valence-electron chi connectivity index (χ3n) is 4.24. The van der Waals surface area contributed by atoms with E-state index in [-0.39, 0.29) is 23.2 Å². The van der Waals surface area contributed by atoms with Crippen LogP contribution in [0.1, 0.15) is 20.3 Å². The van der Waals surface area contributed by atoms with Crippen molar-refractivity contribution < 1.29 is 9.18 Å². The van der Waals surface area contributed by atoms with E-state index < -0.39 is 11.2 Å². The van der Waals surface area contributed by atoms with Crippen LogP contribution in [0, 0.1) is 28.6 Å². The Balaban J connectivity index is 2.21. The van der Waals surface area contributed by atoms with E-state index in [4.69, 9.17) is 0 Å². The van der Waals surface area contributed by atoms with Crippen molar-refractivity contribution in [1.82, 2.24) is 5.32 Å². The van der Waals surface area contributed by atoms with Crippen LogP contribution in [0.4, 0.5) is 4.39 Å². The molecule has 0 radical (unpaired) electrons. The van der Waals surface area contributed by atoms with Crippen molar-refractivity contribution >= 4 is 12.0 Å². The van der Waals surface area contributed by atoms with Gasteiger partial charge in [-0.15, -0.1) is 0 Å². The van der Waals surface area contributed by atoms with Gasteiger partial charge in [-0.25, -0.2) is 4.39 Å². The quantitative estimate of drug-likeness (QED) is 0.847. The molecule has 0 aromatic carbocycles. The number of nitrogens with zero attached hydrogens (tertiary/aromatic N) is 2. The van der Waals surface area contributed by atoms with Crippen LogP contribution in [0.2, 0.25) is 0 Å². The van der Waals surface area contributed by atoms with E-state index >= 15 is 4.39 Å². The molecule has 1 aliphatic carbocycles. The molecule has 2 unspecified atom stereocenters. The largest absolute Gasteiger partial charge is 0.386 e. The molecule has 3 rings (SSSR count). The lowest BCUT2D eigenvalue weighted by atomic mass is 9.75. The molecule has 2 heterocycles. The minimum Gasteiger partial charge on any atom is -0.386 e. The van der Waals surface area contributed by atoms with Gasteiger partial charge in [-0.1, -0.05) is 13.8 Å². The highest BCUT2D eigenvalue weighted by Gasteiger charge is 2.47. The Morgan fingerprint density at radius 3 is 3.00 bits per heavy atom. The van der Waals surface area contributed by atoms with Crippen LogP contribution in [0.15, 0.2) is 39.9 Å². The van der Waals surface area contributed by atoms with E-state index in [0.29, 0.717) is 5.70 Å². The molecule has 1 N–H and O–H groups in total. The fourth-order valence-electron chi connectivity index (χ4n) is 3.14. The normalized spacial score (nSPS) is 31.0. The molecule has 0 aromatic heterocycles. The first-order chi connectivity index (χ1) is 10.0. The molecule has 5 heteroatoms. The molecular weight excluding hydrogens is 269 g/mol. The lowest BCUT2D eigenvalue weighted by Crippen LogP contribution is -2.29. The summed E-state index contributed by atoms with van der Waals surface area (Å²) in [5.74, 6) is -1.19. The van der Waals surface area contributed by atoms with Gasteiger partial charge in [0.1, 0.15) is 5.83 Å². The zero-order valence-electron chi connectivity index (χ0n) is 12.0. The summed E-state index contributed by atoms with van der Waals surface area (Å²) in [5.41, 5.74) is -0.296. The molecule has 4 nitrogen and oxygen atoms in total. The Bertz CT molecular complexity index is 678. The van der Waals surface area contributed by atoms with Crippen LogP contribution in [0.25, 0.3) is 0 Å². The first kappa shape index (κ1) is 13.7. The van der Waals surface area contributed by atoms with Crippen LogP contribution < -0.4 is 5.32 Å². The Labute approximate surface area is 122 Å². The summed E-state index contributed by atoms with van der Waals surface area (Å²) in [4.78, 5) is 16.2. The molecule has 0 aromatic rings. The smallest absolute Gasteiger partial charge is 0.184 e. The van der Waals surface area contributed by atoms with Crippen molar-refractivity contribution in [2.75, 3.05) is 6.54 Å². The molecule has 2 atom stereocenters. The van der Waals surface area contributed by atoms with E-state index in [0.717, 1.165) is 18.7 Å². The number of carbonyl (C=O) groups is 1. The predicted octanol–water partition coefficient (Wildman–Crippen LogP) is 2.42. The molecule has 0 saturated carbocycles. The number of nitriles is 1. The number of ketones is 1. The van der Waals surface area contributed by atoms with E-state index in [2.05, 4.69) is 10.3 Å². The number of carbonyl (C=O) groups excluding carboxylic acids is 1. The van der Waals surface area contributed by atoms with Crippen molar-refractivity contribution in [3.8, 4) is 6.07 Å². The van der Waals surface area contributed by atoms with Gasteiger partial charge in [-0.05, 0) is 24.5 Å². The number of rotatable bonds is 2. The lowest BCUT2D eigenvalue weighted by Gasteiger charge is -2.28. The number of aliphatic imine (C=N–C) groups is 1. The molecule has 2 aliphatic heterocycles. The molecule has 3 aliphatic rings. The number of nitrogens with one attached hydrogen (secondary N) is 1. The van der Waals surface area contributed by atoms with Crippen molar-refractivity contribution in [2.24, 2.45) is 22.2 Å². The van der Waals surface area contributed by atoms with Gasteiger partial charge in [0.05, 0.1) is 11.8 Å². The summed E-state index contributed by atoms with van der Waals surface area (Å²) in [6, 6.07) is 2.04. The first-order valence-corrected chi connectivity index (χ1v) is 7.09. The Kier molecular flexibility index (Phi) is 3.05. The molecule has 21 heavy (non-hydrogen) atoms. The number of halogens is 1. The Hall–Kier alpha value is -2.22. The van der Waals surface area contributed by atoms with Crippen LogP contribution in [-0.4, -0.2) is 18.5 Å². The van der Waals surface area contributed by atoms with Crippen molar-refractivity contribution in [2.45, 2.75) is 20.3 Å². The summed E-state index contributed by atoms with van der Waals surface area (Å²) >= 11 is 0. The summed E-state index contributed by atoms with van der Waals surface area (Å²) in [7, 11) is 0. The second-order valence-electron chi connectivity index (χ2n) is 5.86. The Morgan fingerprint density at radius 1 is 1.57 bits per heavy atom. The predicted molar refractivity (Wildman–Crippen MR) is 76.8 cm³/mol. The summed E-state index contributed by atoms with van der Waals surface area (Å²) in [6.45, 7) is 4.29. The van der Waals surface area contributed by atoms with Crippen molar-refractivity contribution in [3.63, 3.8) is 0 Å². The van der Waals surface area contributed by atoms with Gasteiger partial charge in [-0.3, -0.25) is 9.79 Å². The van der Waals surface area contributed by atoms with Gasteiger partial charge in [0.15, 0.2) is 11.2 Å².